The van der Waals surface area contributed by atoms with E-state index in [2.05, 4.69) is 9.62 Å². The molecule has 1 saturated heterocycles. The van der Waals surface area contributed by atoms with E-state index in [1.807, 2.05) is 24.3 Å². The summed E-state index contributed by atoms with van der Waals surface area (Å²) in [6.45, 7) is 3.22. The normalized spacial score (nSPS) is 16.4. The first-order valence-electron chi connectivity index (χ1n) is 7.62. The number of piperidine rings is 1. The lowest BCUT2D eigenvalue weighted by atomic mass is 10.1. The largest absolute Gasteiger partial charge is 0.299 e. The molecule has 1 aromatic heterocycles. The molecule has 1 N–H and O–H groups in total. The van der Waals surface area contributed by atoms with Crippen LogP contribution in [0.1, 0.15) is 24.8 Å². The van der Waals surface area contributed by atoms with E-state index >= 15 is 0 Å². The molecule has 2 aromatic rings. The highest BCUT2D eigenvalue weighted by atomic mass is 35.5. The third-order valence-corrected chi connectivity index (χ3v) is 6.98. The molecule has 124 valence electrons. The van der Waals surface area contributed by atoms with Crippen molar-refractivity contribution >= 4 is 38.6 Å². The number of benzene rings is 1. The molecule has 1 aromatic carbocycles. The van der Waals surface area contributed by atoms with Gasteiger partial charge >= 0.3 is 0 Å². The zero-order valence-corrected chi connectivity index (χ0v) is 15.1. The van der Waals surface area contributed by atoms with Gasteiger partial charge in [-0.15, -0.1) is 11.3 Å². The van der Waals surface area contributed by atoms with Crippen LogP contribution in [0, 0.1) is 0 Å². The molecule has 0 atom stereocenters. The summed E-state index contributed by atoms with van der Waals surface area (Å²) in [5, 5.41) is 0. The van der Waals surface area contributed by atoms with Crippen molar-refractivity contribution in [1.82, 2.24) is 4.90 Å². The second-order valence-corrected chi connectivity index (χ2v) is 9.32. The Morgan fingerprint density at radius 3 is 2.35 bits per heavy atom. The van der Waals surface area contributed by atoms with Crippen molar-refractivity contribution in [2.45, 2.75) is 30.0 Å². The molecule has 0 amide bonds. The summed E-state index contributed by atoms with van der Waals surface area (Å²) in [5.74, 6) is 0. The van der Waals surface area contributed by atoms with Crippen molar-refractivity contribution in [3.05, 3.63) is 46.3 Å². The Labute approximate surface area is 146 Å². The third kappa shape index (κ3) is 4.47. The summed E-state index contributed by atoms with van der Waals surface area (Å²) in [5.41, 5.74) is 1.77. The van der Waals surface area contributed by atoms with Gasteiger partial charge in [-0.1, -0.05) is 30.2 Å². The minimum atomic E-state index is -3.56. The number of hydrogen-bond donors (Lipinski definition) is 1. The molecule has 23 heavy (non-hydrogen) atoms. The van der Waals surface area contributed by atoms with E-state index in [9.17, 15) is 8.42 Å². The van der Waals surface area contributed by atoms with E-state index in [0.717, 1.165) is 31.0 Å². The quantitative estimate of drug-likeness (QED) is 0.858. The predicted molar refractivity (Wildman–Crippen MR) is 95.7 cm³/mol. The van der Waals surface area contributed by atoms with Crippen molar-refractivity contribution in [3.8, 4) is 0 Å². The summed E-state index contributed by atoms with van der Waals surface area (Å²) < 4.78 is 27.8. The molecule has 4 nitrogen and oxygen atoms in total. The maximum atomic E-state index is 12.2. The van der Waals surface area contributed by atoms with Gasteiger partial charge < -0.3 is 0 Å². The van der Waals surface area contributed by atoms with E-state index < -0.39 is 10.0 Å². The van der Waals surface area contributed by atoms with E-state index in [-0.39, 0.29) is 4.21 Å². The van der Waals surface area contributed by atoms with Crippen LogP contribution in [0.5, 0.6) is 0 Å². The number of nitrogens with zero attached hydrogens (tertiary/aromatic N) is 1. The maximum absolute atomic E-state index is 12.2. The summed E-state index contributed by atoms with van der Waals surface area (Å²) in [4.78, 5) is 2.44. The third-order valence-electron chi connectivity index (χ3n) is 3.87. The molecule has 1 aliphatic rings. The number of sulfonamides is 1. The second-order valence-electron chi connectivity index (χ2n) is 5.70. The van der Waals surface area contributed by atoms with E-state index in [1.54, 1.807) is 6.07 Å². The lowest BCUT2D eigenvalue weighted by molar-refractivity contribution is 0.221. The fourth-order valence-corrected chi connectivity index (χ4v) is 5.24. The van der Waals surface area contributed by atoms with Crippen LogP contribution < -0.4 is 4.72 Å². The fourth-order valence-electron chi connectivity index (χ4n) is 2.70. The van der Waals surface area contributed by atoms with Gasteiger partial charge in [-0.25, -0.2) is 8.42 Å². The monoisotopic (exact) mass is 370 g/mol. The topological polar surface area (TPSA) is 49.4 Å². The molecular weight excluding hydrogens is 352 g/mol. The van der Waals surface area contributed by atoms with Crippen molar-refractivity contribution < 1.29 is 8.42 Å². The molecular formula is C16H19ClN2O2S2. The van der Waals surface area contributed by atoms with Gasteiger partial charge in [0.2, 0.25) is 0 Å². The maximum Gasteiger partial charge on any atom is 0.271 e. The van der Waals surface area contributed by atoms with Crippen LogP contribution >= 0.6 is 22.9 Å². The number of likely N-dealkylation sites (tertiary alicyclic amines) is 1. The highest BCUT2D eigenvalue weighted by molar-refractivity contribution is 7.94. The van der Waals surface area contributed by atoms with Crippen molar-refractivity contribution in [1.29, 1.82) is 0 Å². The SMILES string of the molecule is O=S(=O)(Nc1ccc(CN2CCCCC2)cc1)c1ccc(Cl)s1. The number of anilines is 1. The van der Waals surface area contributed by atoms with Crippen LogP contribution in [0.4, 0.5) is 5.69 Å². The number of rotatable bonds is 5. The fraction of sp³-hybridized carbons (Fsp3) is 0.375. The first-order chi connectivity index (χ1) is 11.0. The Hall–Kier alpha value is -1.08. The highest BCUT2D eigenvalue weighted by Gasteiger charge is 2.17. The van der Waals surface area contributed by atoms with Crippen LogP contribution in [-0.2, 0) is 16.6 Å². The van der Waals surface area contributed by atoms with Gasteiger partial charge in [0.05, 0.1) is 4.34 Å². The minimum Gasteiger partial charge on any atom is -0.299 e. The highest BCUT2D eigenvalue weighted by Crippen LogP contribution is 2.27. The summed E-state index contributed by atoms with van der Waals surface area (Å²) in [6.07, 6.45) is 3.85. The van der Waals surface area contributed by atoms with Crippen LogP contribution in [-0.4, -0.2) is 26.4 Å². The molecule has 0 unspecified atom stereocenters. The van der Waals surface area contributed by atoms with Crippen molar-refractivity contribution in [2.75, 3.05) is 17.8 Å². The Kier molecular flexibility index (Phi) is 5.26. The van der Waals surface area contributed by atoms with Crippen molar-refractivity contribution in [2.24, 2.45) is 0 Å². The minimum absolute atomic E-state index is 0.222. The van der Waals surface area contributed by atoms with Gasteiger partial charge in [0.25, 0.3) is 10.0 Å². The Morgan fingerprint density at radius 2 is 1.74 bits per heavy atom. The van der Waals surface area contributed by atoms with E-state index in [4.69, 9.17) is 11.6 Å². The Morgan fingerprint density at radius 1 is 1.04 bits per heavy atom. The standard InChI is InChI=1S/C16H19ClN2O2S2/c17-15-8-9-16(22-15)23(20,21)18-14-6-4-13(5-7-14)12-19-10-2-1-3-11-19/h4-9,18H,1-3,10-12H2. The molecule has 7 heteroatoms. The van der Waals surface area contributed by atoms with Gasteiger partial charge in [-0.05, 0) is 55.8 Å². The average molecular weight is 371 g/mol. The number of hydrogen-bond acceptors (Lipinski definition) is 4. The van der Waals surface area contributed by atoms with Crippen molar-refractivity contribution in [3.63, 3.8) is 0 Å². The zero-order valence-electron chi connectivity index (χ0n) is 12.7. The lowest BCUT2D eigenvalue weighted by Gasteiger charge is -2.26. The van der Waals surface area contributed by atoms with Gasteiger partial charge in [-0.2, -0.15) is 0 Å². The molecule has 0 spiro atoms. The Balaban J connectivity index is 1.65. The first kappa shape index (κ1) is 16.8. The lowest BCUT2D eigenvalue weighted by Crippen LogP contribution is -2.29. The van der Waals surface area contributed by atoms with E-state index in [1.165, 1.54) is 30.9 Å². The summed E-state index contributed by atoms with van der Waals surface area (Å²) >= 11 is 6.85. The van der Waals surface area contributed by atoms with E-state index in [0.29, 0.717) is 10.0 Å². The predicted octanol–water partition coefficient (Wildman–Crippen LogP) is 4.19. The molecule has 0 radical (unpaired) electrons. The Bertz CT molecular complexity index is 751. The van der Waals surface area contributed by atoms with Gasteiger partial charge in [0, 0.05) is 12.2 Å². The summed E-state index contributed by atoms with van der Waals surface area (Å²) in [6, 6.07) is 10.7. The first-order valence-corrected chi connectivity index (χ1v) is 10.3. The molecule has 0 bridgehead atoms. The van der Waals surface area contributed by atoms with Crippen LogP contribution in [0.2, 0.25) is 4.34 Å². The van der Waals surface area contributed by atoms with Gasteiger partial charge in [0.15, 0.2) is 0 Å². The van der Waals surface area contributed by atoms with Crippen LogP contribution in [0.15, 0.2) is 40.6 Å². The number of halogens is 1. The number of nitrogens with one attached hydrogen (secondary N) is 1. The number of thiophene rings is 1. The molecule has 3 rings (SSSR count). The van der Waals surface area contributed by atoms with Crippen LogP contribution in [0.25, 0.3) is 0 Å². The average Bonchev–Trinajstić information content (AvgIpc) is 2.98. The zero-order chi connectivity index (χ0) is 16.3. The van der Waals surface area contributed by atoms with Crippen LogP contribution in [0.3, 0.4) is 0 Å². The molecule has 1 aliphatic heterocycles. The molecule has 2 heterocycles. The smallest absolute Gasteiger partial charge is 0.271 e. The second kappa shape index (κ2) is 7.21. The van der Waals surface area contributed by atoms with Gasteiger partial charge in [0.1, 0.15) is 4.21 Å². The molecule has 0 saturated carbocycles. The van der Waals surface area contributed by atoms with Gasteiger partial charge in [-0.3, -0.25) is 9.62 Å². The summed E-state index contributed by atoms with van der Waals surface area (Å²) in [7, 11) is -3.56. The molecule has 1 fully saturated rings. The molecule has 0 aliphatic carbocycles.